The molecule has 0 amide bonds. The van der Waals surface area contributed by atoms with Crippen molar-refractivity contribution in [2.45, 2.75) is 17.9 Å². The Balaban J connectivity index is 2.47. The lowest BCUT2D eigenvalue weighted by Gasteiger charge is -2.08. The largest absolute Gasteiger partial charge is 0.469 e. The van der Waals surface area contributed by atoms with Gasteiger partial charge in [-0.25, -0.2) is 9.18 Å². The zero-order valence-corrected chi connectivity index (χ0v) is 12.2. The lowest BCUT2D eigenvalue weighted by molar-refractivity contribution is -0.155. The van der Waals surface area contributed by atoms with Crippen LogP contribution in [0.1, 0.15) is 12.0 Å². The van der Waals surface area contributed by atoms with Crippen LogP contribution in [0.5, 0.6) is 0 Å². The predicted molar refractivity (Wildman–Crippen MR) is 70.6 cm³/mol. The first-order valence-electron chi connectivity index (χ1n) is 5.60. The fraction of sp³-hybridized carbons (Fsp3) is 0.308. The van der Waals surface area contributed by atoms with E-state index < -0.39 is 28.4 Å². The molecular weight excluding hydrogens is 335 g/mol. The Kier molecular flexibility index (Phi) is 6.30. The zero-order chi connectivity index (χ0) is 15.1. The minimum absolute atomic E-state index is 0.150. The Hall–Kier alpha value is -1.76. The highest BCUT2D eigenvalue weighted by atomic mass is 79.9. The van der Waals surface area contributed by atoms with Crippen molar-refractivity contribution in [3.05, 3.63) is 35.6 Å². The smallest absolute Gasteiger partial charge is 0.376 e. The Morgan fingerprint density at radius 3 is 2.40 bits per heavy atom. The second kappa shape index (κ2) is 7.74. The molecule has 0 aromatic heterocycles. The van der Waals surface area contributed by atoms with Crippen LogP contribution < -0.4 is 0 Å². The van der Waals surface area contributed by atoms with E-state index in [1.54, 1.807) is 0 Å². The van der Waals surface area contributed by atoms with E-state index in [2.05, 4.69) is 20.7 Å². The number of methoxy groups -OCH3 is 1. The second-order valence-corrected chi connectivity index (χ2v) is 4.92. The highest BCUT2D eigenvalue weighted by Crippen LogP contribution is 2.10. The highest BCUT2D eigenvalue weighted by molar-refractivity contribution is 9.10. The number of carbonyl (C=O) groups is 3. The van der Waals surface area contributed by atoms with Gasteiger partial charge in [-0.3, -0.25) is 9.59 Å². The molecule has 0 heterocycles. The summed E-state index contributed by atoms with van der Waals surface area (Å²) >= 11 is 2.92. The van der Waals surface area contributed by atoms with Crippen LogP contribution in [0.3, 0.4) is 0 Å². The zero-order valence-electron chi connectivity index (χ0n) is 10.6. The van der Waals surface area contributed by atoms with Crippen LogP contribution in [0.2, 0.25) is 0 Å². The van der Waals surface area contributed by atoms with Gasteiger partial charge in [0.1, 0.15) is 12.4 Å². The molecule has 0 bridgehead atoms. The molecule has 5 nitrogen and oxygen atoms in total. The number of ketones is 1. The van der Waals surface area contributed by atoms with E-state index in [-0.39, 0.29) is 13.0 Å². The van der Waals surface area contributed by atoms with Gasteiger partial charge in [-0.15, -0.1) is 0 Å². The molecule has 0 radical (unpaired) electrons. The van der Waals surface area contributed by atoms with E-state index in [0.29, 0.717) is 5.56 Å². The molecule has 7 heteroatoms. The molecule has 0 fully saturated rings. The minimum atomic E-state index is -1.07. The molecule has 1 rings (SSSR count). The van der Waals surface area contributed by atoms with E-state index in [4.69, 9.17) is 4.74 Å². The topological polar surface area (TPSA) is 69.7 Å². The molecule has 1 atom stereocenters. The number of hydrogen-bond acceptors (Lipinski definition) is 5. The summed E-state index contributed by atoms with van der Waals surface area (Å²) in [5, 5.41) is 0. The monoisotopic (exact) mass is 346 g/mol. The van der Waals surface area contributed by atoms with Gasteiger partial charge in [0.05, 0.1) is 18.4 Å². The van der Waals surface area contributed by atoms with Gasteiger partial charge in [0.15, 0.2) is 0 Å². The molecule has 0 N–H and O–H groups in total. The molecule has 0 spiro atoms. The molecule has 1 aromatic carbocycles. The average molecular weight is 347 g/mol. The van der Waals surface area contributed by atoms with Gasteiger partial charge < -0.3 is 9.47 Å². The van der Waals surface area contributed by atoms with Crippen LogP contribution in [0.4, 0.5) is 4.39 Å². The molecule has 1 aromatic rings. The fourth-order valence-corrected chi connectivity index (χ4v) is 1.70. The summed E-state index contributed by atoms with van der Waals surface area (Å²) in [4.78, 5) is 33.0. The maximum atomic E-state index is 12.7. The van der Waals surface area contributed by atoms with Crippen LogP contribution in [0, 0.1) is 5.82 Å². The van der Waals surface area contributed by atoms with E-state index in [1.807, 2.05) is 0 Å². The van der Waals surface area contributed by atoms with Crippen LogP contribution >= 0.6 is 15.9 Å². The highest BCUT2D eigenvalue weighted by Gasteiger charge is 2.26. The third kappa shape index (κ3) is 5.08. The molecule has 108 valence electrons. The second-order valence-electron chi connectivity index (χ2n) is 3.81. The summed E-state index contributed by atoms with van der Waals surface area (Å²) in [6.45, 7) is -0.150. The maximum absolute atomic E-state index is 12.7. The predicted octanol–water partition coefficient (Wildman–Crippen LogP) is 1.76. The van der Waals surface area contributed by atoms with Crippen molar-refractivity contribution in [3.63, 3.8) is 0 Å². The summed E-state index contributed by atoms with van der Waals surface area (Å²) < 4.78 is 21.8. The minimum Gasteiger partial charge on any atom is -0.469 e. The Labute approximate surface area is 123 Å². The third-order valence-electron chi connectivity index (χ3n) is 2.34. The van der Waals surface area contributed by atoms with Crippen molar-refractivity contribution in [2.75, 3.05) is 7.11 Å². The summed E-state index contributed by atoms with van der Waals surface area (Å²) in [5.74, 6) is -2.97. The van der Waals surface area contributed by atoms with Crippen LogP contribution in [-0.2, 0) is 30.5 Å². The van der Waals surface area contributed by atoms with Crippen LogP contribution in [0.15, 0.2) is 24.3 Å². The molecule has 0 aliphatic carbocycles. The fourth-order valence-electron chi connectivity index (χ4n) is 1.25. The van der Waals surface area contributed by atoms with E-state index in [9.17, 15) is 18.8 Å². The van der Waals surface area contributed by atoms with Gasteiger partial charge in [-0.1, -0.05) is 28.1 Å². The van der Waals surface area contributed by atoms with Gasteiger partial charge in [0.25, 0.3) is 5.78 Å². The summed E-state index contributed by atoms with van der Waals surface area (Å²) in [5.41, 5.74) is 0.548. The van der Waals surface area contributed by atoms with Crippen molar-refractivity contribution in [3.8, 4) is 0 Å². The van der Waals surface area contributed by atoms with E-state index in [1.165, 1.54) is 31.4 Å². The van der Waals surface area contributed by atoms with Crippen molar-refractivity contribution >= 4 is 33.7 Å². The molecule has 1 unspecified atom stereocenters. The van der Waals surface area contributed by atoms with Crippen molar-refractivity contribution in [1.29, 1.82) is 0 Å². The lowest BCUT2D eigenvalue weighted by Crippen LogP contribution is -2.28. The number of hydrogen-bond donors (Lipinski definition) is 0. The SMILES string of the molecule is COC(=O)CC(Br)C(=O)C(=O)OCc1ccc(F)cc1. The first-order valence-corrected chi connectivity index (χ1v) is 6.52. The van der Waals surface area contributed by atoms with Crippen molar-refractivity contribution in [2.24, 2.45) is 0 Å². The number of Topliss-reactive ketones (excluding diaryl/α,β-unsaturated/α-hetero) is 1. The number of esters is 2. The summed E-state index contributed by atoms with van der Waals surface area (Å²) in [7, 11) is 1.18. The van der Waals surface area contributed by atoms with Gasteiger partial charge in [0.2, 0.25) is 0 Å². The Morgan fingerprint density at radius 1 is 1.25 bits per heavy atom. The normalized spacial score (nSPS) is 11.6. The maximum Gasteiger partial charge on any atom is 0.376 e. The van der Waals surface area contributed by atoms with Crippen molar-refractivity contribution in [1.82, 2.24) is 0 Å². The van der Waals surface area contributed by atoms with Gasteiger partial charge >= 0.3 is 11.9 Å². The molecule has 0 aliphatic heterocycles. The van der Waals surface area contributed by atoms with E-state index >= 15 is 0 Å². The number of halogens is 2. The first-order chi connectivity index (χ1) is 9.43. The standard InChI is InChI=1S/C13H12BrFO5/c1-19-11(16)6-10(14)12(17)13(18)20-7-8-2-4-9(15)5-3-8/h2-5,10H,6-7H2,1H3. The summed E-state index contributed by atoms with van der Waals surface area (Å²) in [6.07, 6.45) is -0.263. The van der Waals surface area contributed by atoms with E-state index in [0.717, 1.165) is 0 Å². The van der Waals surface area contributed by atoms with Crippen molar-refractivity contribution < 1.29 is 28.2 Å². The lowest BCUT2D eigenvalue weighted by atomic mass is 10.2. The quantitative estimate of drug-likeness (QED) is 0.446. The number of ether oxygens (including phenoxy) is 2. The van der Waals surface area contributed by atoms with Crippen LogP contribution in [0.25, 0.3) is 0 Å². The number of carbonyl (C=O) groups excluding carboxylic acids is 3. The Morgan fingerprint density at radius 2 is 1.85 bits per heavy atom. The van der Waals surface area contributed by atoms with Gasteiger partial charge in [-0.2, -0.15) is 0 Å². The van der Waals surface area contributed by atoms with Gasteiger partial charge in [0, 0.05) is 0 Å². The Bertz CT molecular complexity index is 500. The molecule has 0 aliphatic rings. The van der Waals surface area contributed by atoms with Gasteiger partial charge in [-0.05, 0) is 17.7 Å². The summed E-state index contributed by atoms with van der Waals surface area (Å²) in [6, 6.07) is 5.31. The van der Waals surface area contributed by atoms with Crippen LogP contribution in [-0.4, -0.2) is 29.7 Å². The molecule has 0 saturated heterocycles. The molecule has 0 saturated carbocycles. The number of benzene rings is 1. The first kappa shape index (κ1) is 16.3. The average Bonchev–Trinajstić information content (AvgIpc) is 2.45. The number of alkyl halides is 1. The molecular formula is C13H12BrFO5. The number of rotatable bonds is 6. The molecule has 20 heavy (non-hydrogen) atoms. The third-order valence-corrected chi connectivity index (χ3v) is 3.08.